The second-order valence-corrected chi connectivity index (χ2v) is 8.05. The Kier molecular flexibility index (Phi) is 8.27. The predicted octanol–water partition coefficient (Wildman–Crippen LogP) is 7.70. The van der Waals surface area contributed by atoms with E-state index in [1.54, 1.807) is 0 Å². The van der Waals surface area contributed by atoms with E-state index in [1.165, 1.54) is 24.3 Å². The van der Waals surface area contributed by atoms with Gasteiger partial charge in [0.1, 0.15) is 22.4 Å². The molecule has 3 rings (SSSR count). The molecule has 0 saturated heterocycles. The Morgan fingerprint density at radius 3 is 2.34 bits per heavy atom. The predicted molar refractivity (Wildman–Crippen MR) is 116 cm³/mol. The molecule has 3 aromatic rings. The highest BCUT2D eigenvalue weighted by Gasteiger charge is 2.31. The van der Waals surface area contributed by atoms with Crippen LogP contribution in [0.3, 0.4) is 0 Å². The molecule has 0 N–H and O–H groups in total. The van der Waals surface area contributed by atoms with Gasteiger partial charge in [0.25, 0.3) is 0 Å². The lowest BCUT2D eigenvalue weighted by Crippen LogP contribution is -2.06. The number of rotatable bonds is 9. The maximum Gasteiger partial charge on any atom is 0.416 e. The summed E-state index contributed by atoms with van der Waals surface area (Å²) in [5.41, 5.74) is -0.576. The molecule has 5 nitrogen and oxygen atoms in total. The van der Waals surface area contributed by atoms with Crippen LogP contribution in [0, 0.1) is 0 Å². The standard InChI is InChI=1S/C20H14Cl4F3NO4/c21-13-9-12(29-7-4-17(23)24)10-14(22)18(13)30-5-1-6-31-19-28-15-8-11(20(25,26)27)2-3-16(15)32-19/h2-4,8-10H,1,5-7H2. The number of aromatic nitrogens is 1. The van der Waals surface area contributed by atoms with Crippen LogP contribution in [-0.2, 0) is 6.18 Å². The molecule has 0 aliphatic heterocycles. The second kappa shape index (κ2) is 10.7. The van der Waals surface area contributed by atoms with Crippen molar-refractivity contribution in [1.29, 1.82) is 0 Å². The number of fused-ring (bicyclic) bond motifs is 1. The van der Waals surface area contributed by atoms with Crippen LogP contribution in [0.15, 0.2) is 45.3 Å². The summed E-state index contributed by atoms with van der Waals surface area (Å²) >= 11 is 23.4. The number of nitrogens with zero attached hydrogens (tertiary/aromatic N) is 1. The molecule has 0 radical (unpaired) electrons. The van der Waals surface area contributed by atoms with Crippen LogP contribution in [0.1, 0.15) is 12.0 Å². The molecule has 0 spiro atoms. The highest BCUT2D eigenvalue weighted by molar-refractivity contribution is 6.55. The molecule has 172 valence electrons. The SMILES string of the molecule is FC(F)(F)c1ccc2oc(OCCCOc3c(Cl)cc(OCC=C(Cl)Cl)cc3Cl)nc2c1. The van der Waals surface area contributed by atoms with Crippen molar-refractivity contribution < 1.29 is 31.8 Å². The number of alkyl halides is 3. The molecular formula is C20H14Cl4F3NO4. The molecule has 32 heavy (non-hydrogen) atoms. The lowest BCUT2D eigenvalue weighted by molar-refractivity contribution is -0.137. The van der Waals surface area contributed by atoms with Crippen LogP contribution < -0.4 is 14.2 Å². The fourth-order valence-electron chi connectivity index (χ4n) is 2.50. The number of hydrogen-bond donors (Lipinski definition) is 0. The first-order valence-electron chi connectivity index (χ1n) is 9.00. The van der Waals surface area contributed by atoms with Crippen molar-refractivity contribution in [1.82, 2.24) is 4.98 Å². The van der Waals surface area contributed by atoms with E-state index in [-0.39, 0.29) is 57.3 Å². The summed E-state index contributed by atoms with van der Waals surface area (Å²) in [5, 5.41) is 0.488. The van der Waals surface area contributed by atoms with Gasteiger partial charge in [0.15, 0.2) is 11.3 Å². The van der Waals surface area contributed by atoms with E-state index < -0.39 is 11.7 Å². The zero-order valence-electron chi connectivity index (χ0n) is 16.0. The van der Waals surface area contributed by atoms with Gasteiger partial charge in [-0.15, -0.1) is 0 Å². The summed E-state index contributed by atoms with van der Waals surface area (Å²) in [6, 6.07) is 6.07. The van der Waals surface area contributed by atoms with E-state index in [4.69, 9.17) is 65.0 Å². The van der Waals surface area contributed by atoms with E-state index in [0.29, 0.717) is 12.2 Å². The third-order valence-corrected chi connectivity index (χ3v) is 4.79. The maximum atomic E-state index is 12.8. The minimum absolute atomic E-state index is 0.0516. The lowest BCUT2D eigenvalue weighted by Gasteiger charge is -2.12. The Balaban J connectivity index is 1.49. The summed E-state index contributed by atoms with van der Waals surface area (Å²) in [4.78, 5) is 3.91. The van der Waals surface area contributed by atoms with E-state index in [2.05, 4.69) is 4.98 Å². The molecule has 0 bridgehead atoms. The Labute approximate surface area is 200 Å². The average molecular weight is 531 g/mol. The first-order chi connectivity index (χ1) is 15.1. The molecule has 0 fully saturated rings. The molecule has 12 heteroatoms. The van der Waals surface area contributed by atoms with Gasteiger partial charge in [0, 0.05) is 18.6 Å². The van der Waals surface area contributed by atoms with Gasteiger partial charge in [0.2, 0.25) is 0 Å². The summed E-state index contributed by atoms with van der Waals surface area (Å²) < 4.78 is 60.0. The van der Waals surface area contributed by atoms with Gasteiger partial charge in [-0.05, 0) is 24.3 Å². The van der Waals surface area contributed by atoms with Gasteiger partial charge in [-0.1, -0.05) is 46.4 Å². The van der Waals surface area contributed by atoms with Gasteiger partial charge in [-0.2, -0.15) is 18.2 Å². The van der Waals surface area contributed by atoms with Crippen LogP contribution in [0.4, 0.5) is 13.2 Å². The van der Waals surface area contributed by atoms with Gasteiger partial charge < -0.3 is 18.6 Å². The highest BCUT2D eigenvalue weighted by Crippen LogP contribution is 2.37. The van der Waals surface area contributed by atoms with Crippen LogP contribution in [0.5, 0.6) is 17.6 Å². The topological polar surface area (TPSA) is 53.7 Å². The van der Waals surface area contributed by atoms with Gasteiger partial charge >= 0.3 is 12.3 Å². The first kappa shape index (κ1) is 24.6. The van der Waals surface area contributed by atoms with Crippen molar-refractivity contribution in [2.24, 2.45) is 0 Å². The molecular weight excluding hydrogens is 517 g/mol. The maximum absolute atomic E-state index is 12.8. The second-order valence-electron chi connectivity index (χ2n) is 6.23. The number of hydrogen-bond acceptors (Lipinski definition) is 5. The van der Waals surface area contributed by atoms with Crippen LogP contribution in [0.2, 0.25) is 10.0 Å². The largest absolute Gasteiger partial charge is 0.490 e. The molecule has 0 aliphatic rings. The fourth-order valence-corrected chi connectivity index (χ4v) is 3.20. The summed E-state index contributed by atoms with van der Waals surface area (Å²) in [5.74, 6) is 0.680. The quantitative estimate of drug-likeness (QED) is 0.265. The van der Waals surface area contributed by atoms with Crippen LogP contribution >= 0.6 is 46.4 Å². The first-order valence-corrected chi connectivity index (χ1v) is 10.5. The zero-order valence-corrected chi connectivity index (χ0v) is 19.0. The van der Waals surface area contributed by atoms with Gasteiger partial charge in [-0.25, -0.2) is 0 Å². The van der Waals surface area contributed by atoms with Crippen molar-refractivity contribution in [3.63, 3.8) is 0 Å². The van der Waals surface area contributed by atoms with Crippen LogP contribution in [-0.4, -0.2) is 24.8 Å². The monoisotopic (exact) mass is 529 g/mol. The molecule has 0 aliphatic carbocycles. The van der Waals surface area contributed by atoms with Crippen molar-refractivity contribution in [2.45, 2.75) is 12.6 Å². The molecule has 0 amide bonds. The molecule has 2 aromatic carbocycles. The summed E-state index contributed by atoms with van der Waals surface area (Å²) in [6.07, 6.45) is -2.74. The minimum Gasteiger partial charge on any atom is -0.490 e. The number of ether oxygens (including phenoxy) is 3. The smallest absolute Gasteiger partial charge is 0.416 e. The zero-order chi connectivity index (χ0) is 23.3. The Bertz CT molecular complexity index is 1090. The number of oxazole rings is 1. The minimum atomic E-state index is -4.46. The lowest BCUT2D eigenvalue weighted by atomic mass is 10.2. The van der Waals surface area contributed by atoms with Crippen molar-refractivity contribution in [3.05, 3.63) is 56.5 Å². The van der Waals surface area contributed by atoms with Crippen molar-refractivity contribution >= 4 is 57.5 Å². The molecule has 1 aromatic heterocycles. The molecule has 0 saturated carbocycles. The van der Waals surface area contributed by atoms with Crippen LogP contribution in [0.25, 0.3) is 11.1 Å². The third-order valence-electron chi connectivity index (χ3n) is 3.92. The Morgan fingerprint density at radius 2 is 1.69 bits per heavy atom. The number of halogens is 7. The molecule has 1 heterocycles. The normalized spacial score (nSPS) is 11.5. The molecule has 0 unspecified atom stereocenters. The van der Waals surface area contributed by atoms with Gasteiger partial charge in [0.05, 0.1) is 28.8 Å². The Morgan fingerprint density at radius 1 is 1.00 bits per heavy atom. The number of benzene rings is 2. The Hall–Kier alpha value is -2.00. The summed E-state index contributed by atoms with van der Waals surface area (Å²) in [7, 11) is 0. The average Bonchev–Trinajstić information content (AvgIpc) is 3.10. The highest BCUT2D eigenvalue weighted by atomic mass is 35.5. The van der Waals surface area contributed by atoms with Gasteiger partial charge in [-0.3, -0.25) is 0 Å². The van der Waals surface area contributed by atoms with E-state index in [9.17, 15) is 13.2 Å². The van der Waals surface area contributed by atoms with E-state index >= 15 is 0 Å². The van der Waals surface area contributed by atoms with E-state index in [0.717, 1.165) is 12.1 Å². The third kappa shape index (κ3) is 6.75. The van der Waals surface area contributed by atoms with Crippen molar-refractivity contribution in [2.75, 3.05) is 19.8 Å². The molecule has 0 atom stereocenters. The van der Waals surface area contributed by atoms with E-state index in [1.807, 2.05) is 0 Å². The fraction of sp³-hybridized carbons (Fsp3) is 0.250. The van der Waals surface area contributed by atoms with Crippen molar-refractivity contribution in [3.8, 4) is 17.6 Å². The summed E-state index contributed by atoms with van der Waals surface area (Å²) in [6.45, 7) is 0.476.